The monoisotopic (exact) mass is 129 g/mol. The number of thioether (sulfide) groups is 1. The Morgan fingerprint density at radius 2 is 2.00 bits per heavy atom. The molecule has 0 bridgehead atoms. The Hall–Kier alpha value is -0.310. The van der Waals surface area contributed by atoms with Gasteiger partial charge in [-0.25, -0.2) is 0 Å². The Kier molecular flexibility index (Phi) is 1.38. The number of hydrogen-bond acceptors (Lipinski definition) is 3. The quantitative estimate of drug-likeness (QED) is 0.487. The normalized spacial score (nSPS) is 21.1. The predicted molar refractivity (Wildman–Crippen MR) is 31.1 cm³/mol. The van der Waals surface area contributed by atoms with Gasteiger partial charge in [-0.2, -0.15) is 0 Å². The van der Waals surface area contributed by atoms with Crippen LogP contribution in [0.4, 0.5) is 0 Å². The Bertz CT molecular complexity index is 127. The van der Waals surface area contributed by atoms with E-state index in [9.17, 15) is 9.59 Å². The molecule has 0 aromatic carbocycles. The highest BCUT2D eigenvalue weighted by molar-refractivity contribution is 8.29. The van der Waals surface area contributed by atoms with Crippen LogP contribution in [-0.2, 0) is 9.59 Å². The minimum absolute atomic E-state index is 0.0162. The molecule has 0 N–H and O–H groups in total. The average molecular weight is 129 g/mol. The largest absolute Gasteiger partial charge is 0.286 e. The molecule has 0 atom stereocenters. The van der Waals surface area contributed by atoms with Crippen LogP contribution in [0, 0.1) is 12.3 Å². The van der Waals surface area contributed by atoms with E-state index in [0.29, 0.717) is 0 Å². The fourth-order valence-corrected chi connectivity index (χ4v) is 1.29. The molecule has 1 heterocycles. The van der Waals surface area contributed by atoms with Gasteiger partial charge in [0.2, 0.25) is 10.2 Å². The summed E-state index contributed by atoms with van der Waals surface area (Å²) in [6, 6.07) is 0. The van der Waals surface area contributed by atoms with Gasteiger partial charge in [-0.1, -0.05) is 6.92 Å². The molecule has 0 unspecified atom stereocenters. The second-order valence-corrected chi connectivity index (χ2v) is 2.56. The molecule has 0 aliphatic carbocycles. The maximum absolute atomic E-state index is 10.4. The van der Waals surface area contributed by atoms with Crippen molar-refractivity contribution in [3.63, 3.8) is 0 Å². The zero-order valence-corrected chi connectivity index (χ0v) is 5.20. The van der Waals surface area contributed by atoms with E-state index in [4.69, 9.17) is 0 Å². The van der Waals surface area contributed by atoms with Crippen molar-refractivity contribution in [3.8, 4) is 0 Å². The van der Waals surface area contributed by atoms with Gasteiger partial charge in [0.15, 0.2) is 0 Å². The number of hydrogen-bond donors (Lipinski definition) is 0. The van der Waals surface area contributed by atoms with E-state index in [2.05, 4.69) is 0 Å². The first-order valence-corrected chi connectivity index (χ1v) is 3.12. The van der Waals surface area contributed by atoms with Crippen LogP contribution in [0.25, 0.3) is 0 Å². The Morgan fingerprint density at radius 3 is 2.12 bits per heavy atom. The Labute approximate surface area is 51.6 Å². The van der Waals surface area contributed by atoms with Crippen LogP contribution in [0.1, 0.15) is 6.92 Å². The van der Waals surface area contributed by atoms with Gasteiger partial charge in [-0.05, 0) is 18.2 Å². The lowest BCUT2D eigenvalue weighted by Crippen LogP contribution is -2.30. The summed E-state index contributed by atoms with van der Waals surface area (Å²) in [6.45, 7) is 1.72. The molecule has 1 saturated heterocycles. The average Bonchev–Trinajstić information content (AvgIpc) is 1.67. The fourth-order valence-electron chi connectivity index (χ4n) is 0.536. The van der Waals surface area contributed by atoms with Gasteiger partial charge in [-0.15, -0.1) is 0 Å². The molecular weight excluding hydrogens is 124 g/mol. The van der Waals surface area contributed by atoms with E-state index in [0.717, 1.165) is 11.8 Å². The minimum Gasteiger partial charge on any atom is -0.286 e. The smallest absolute Gasteiger partial charge is 0.208 e. The van der Waals surface area contributed by atoms with Gasteiger partial charge >= 0.3 is 0 Å². The van der Waals surface area contributed by atoms with Crippen molar-refractivity contribution in [3.05, 3.63) is 6.42 Å². The molecule has 0 amide bonds. The summed E-state index contributed by atoms with van der Waals surface area (Å²) in [4.78, 5) is 20.8. The van der Waals surface area contributed by atoms with Crippen molar-refractivity contribution in [2.45, 2.75) is 6.92 Å². The van der Waals surface area contributed by atoms with Crippen LogP contribution in [0.15, 0.2) is 0 Å². The maximum Gasteiger partial charge on any atom is 0.208 e. The molecule has 0 aromatic rings. The molecular formula is C5H5O2S. The van der Waals surface area contributed by atoms with Crippen molar-refractivity contribution in [1.82, 2.24) is 0 Å². The summed E-state index contributed by atoms with van der Waals surface area (Å²) in [5.41, 5.74) is 0. The lowest BCUT2D eigenvalue weighted by molar-refractivity contribution is -0.125. The SMILES string of the molecule is C[CH]C1C(=O)SC1=O. The Morgan fingerprint density at radius 1 is 1.50 bits per heavy atom. The molecule has 1 aliphatic rings. The van der Waals surface area contributed by atoms with Crippen LogP contribution in [0.5, 0.6) is 0 Å². The summed E-state index contributed by atoms with van der Waals surface area (Å²) in [5.74, 6) is -0.389. The zero-order chi connectivity index (χ0) is 6.15. The van der Waals surface area contributed by atoms with E-state index < -0.39 is 0 Å². The van der Waals surface area contributed by atoms with Crippen LogP contribution < -0.4 is 0 Å². The summed E-state index contributed by atoms with van der Waals surface area (Å²) in [6.07, 6.45) is 1.63. The van der Waals surface area contributed by atoms with Gasteiger partial charge in [0.05, 0.1) is 0 Å². The predicted octanol–water partition coefficient (Wildman–Crippen LogP) is 0.627. The zero-order valence-electron chi connectivity index (χ0n) is 4.38. The van der Waals surface area contributed by atoms with E-state index in [1.54, 1.807) is 13.3 Å². The summed E-state index contributed by atoms with van der Waals surface area (Å²) in [7, 11) is 0. The number of rotatable bonds is 1. The second kappa shape index (κ2) is 1.90. The topological polar surface area (TPSA) is 34.1 Å². The van der Waals surface area contributed by atoms with Crippen LogP contribution >= 0.6 is 11.8 Å². The first-order chi connectivity index (χ1) is 3.75. The van der Waals surface area contributed by atoms with Gasteiger partial charge in [0.25, 0.3) is 0 Å². The maximum atomic E-state index is 10.4. The molecule has 8 heavy (non-hydrogen) atoms. The molecule has 0 aromatic heterocycles. The van der Waals surface area contributed by atoms with Crippen molar-refractivity contribution in [1.29, 1.82) is 0 Å². The third-order valence-electron chi connectivity index (χ3n) is 1.04. The summed E-state index contributed by atoms with van der Waals surface area (Å²) in [5, 5.41) is -0.0324. The van der Waals surface area contributed by atoms with E-state index >= 15 is 0 Å². The van der Waals surface area contributed by atoms with Gasteiger partial charge < -0.3 is 0 Å². The number of carbonyl (C=O) groups is 2. The molecule has 1 fully saturated rings. The Balaban J connectivity index is 2.52. The van der Waals surface area contributed by atoms with E-state index in [-0.39, 0.29) is 16.1 Å². The first-order valence-electron chi connectivity index (χ1n) is 2.30. The van der Waals surface area contributed by atoms with Crippen LogP contribution in [0.2, 0.25) is 0 Å². The molecule has 2 nitrogen and oxygen atoms in total. The molecule has 3 heteroatoms. The van der Waals surface area contributed by atoms with Gasteiger partial charge in [0.1, 0.15) is 5.92 Å². The molecule has 1 radical (unpaired) electrons. The van der Waals surface area contributed by atoms with Crippen LogP contribution in [0.3, 0.4) is 0 Å². The van der Waals surface area contributed by atoms with E-state index in [1.807, 2.05) is 0 Å². The minimum atomic E-state index is -0.389. The summed E-state index contributed by atoms with van der Waals surface area (Å²) < 4.78 is 0. The lowest BCUT2D eigenvalue weighted by Gasteiger charge is -2.17. The van der Waals surface area contributed by atoms with Crippen LogP contribution in [-0.4, -0.2) is 10.2 Å². The van der Waals surface area contributed by atoms with Gasteiger partial charge in [-0.3, -0.25) is 9.59 Å². The molecule has 0 spiro atoms. The highest BCUT2D eigenvalue weighted by Crippen LogP contribution is 2.30. The standard InChI is InChI=1S/C5H5O2S/c1-2-3-4(6)8-5(3)7/h2-3H,1H3. The van der Waals surface area contributed by atoms with E-state index in [1.165, 1.54) is 0 Å². The summed E-state index contributed by atoms with van der Waals surface area (Å²) >= 11 is 0.807. The molecule has 1 aliphatic heterocycles. The van der Waals surface area contributed by atoms with Crippen molar-refractivity contribution >= 4 is 22.0 Å². The first kappa shape index (κ1) is 5.82. The highest BCUT2D eigenvalue weighted by Gasteiger charge is 2.37. The molecule has 1 rings (SSSR count). The third-order valence-corrected chi connectivity index (χ3v) is 1.95. The second-order valence-electron chi connectivity index (χ2n) is 1.55. The molecule has 43 valence electrons. The third kappa shape index (κ3) is 0.668. The highest BCUT2D eigenvalue weighted by atomic mass is 32.2. The van der Waals surface area contributed by atoms with Gasteiger partial charge in [0, 0.05) is 0 Å². The van der Waals surface area contributed by atoms with Crippen molar-refractivity contribution < 1.29 is 9.59 Å². The van der Waals surface area contributed by atoms with Crippen molar-refractivity contribution in [2.75, 3.05) is 0 Å². The number of carbonyl (C=O) groups excluding carboxylic acids is 2. The fraction of sp³-hybridized carbons (Fsp3) is 0.400. The molecule has 0 saturated carbocycles. The van der Waals surface area contributed by atoms with Crippen molar-refractivity contribution in [2.24, 2.45) is 5.92 Å². The lowest BCUT2D eigenvalue weighted by atomic mass is 10.1.